The number of fused-ring (bicyclic) bond motifs is 3. The van der Waals surface area contributed by atoms with E-state index in [4.69, 9.17) is 4.52 Å². The SMILES string of the molecule is CC1Cc2noc(=O)n2-c2ccccc2N1C. The molecule has 1 aromatic heterocycles. The first-order valence-electron chi connectivity index (χ1n) is 5.58. The summed E-state index contributed by atoms with van der Waals surface area (Å²) in [6.45, 7) is 2.10. The monoisotopic (exact) mass is 231 g/mol. The van der Waals surface area contributed by atoms with Crippen LogP contribution in [0.3, 0.4) is 0 Å². The van der Waals surface area contributed by atoms with E-state index in [2.05, 4.69) is 17.0 Å². The topological polar surface area (TPSA) is 51.3 Å². The van der Waals surface area contributed by atoms with E-state index in [1.54, 1.807) is 4.57 Å². The number of nitrogens with zero attached hydrogens (tertiary/aromatic N) is 3. The third-order valence-electron chi connectivity index (χ3n) is 3.31. The molecule has 1 unspecified atom stereocenters. The lowest BCUT2D eigenvalue weighted by Crippen LogP contribution is -2.29. The fourth-order valence-electron chi connectivity index (χ4n) is 2.23. The zero-order valence-electron chi connectivity index (χ0n) is 9.75. The van der Waals surface area contributed by atoms with Gasteiger partial charge >= 0.3 is 5.76 Å². The van der Waals surface area contributed by atoms with Crippen LogP contribution in [0.1, 0.15) is 12.7 Å². The second-order valence-electron chi connectivity index (χ2n) is 4.35. The summed E-state index contributed by atoms with van der Waals surface area (Å²) >= 11 is 0. The van der Waals surface area contributed by atoms with Gasteiger partial charge in [-0.15, -0.1) is 0 Å². The number of para-hydroxylation sites is 2. The predicted molar refractivity (Wildman–Crippen MR) is 63.7 cm³/mol. The fraction of sp³-hybridized carbons (Fsp3) is 0.333. The summed E-state index contributed by atoms with van der Waals surface area (Å²) in [5.41, 5.74) is 1.85. The minimum Gasteiger partial charge on any atom is -0.370 e. The normalized spacial score (nSPS) is 18.5. The molecule has 1 aliphatic heterocycles. The van der Waals surface area contributed by atoms with E-state index in [9.17, 15) is 4.79 Å². The maximum atomic E-state index is 11.7. The average molecular weight is 231 g/mol. The Morgan fingerprint density at radius 2 is 2.06 bits per heavy atom. The smallest absolute Gasteiger partial charge is 0.370 e. The Bertz CT molecular complexity index is 614. The van der Waals surface area contributed by atoms with Crippen molar-refractivity contribution in [1.29, 1.82) is 0 Å². The molecule has 2 heterocycles. The first-order valence-corrected chi connectivity index (χ1v) is 5.58. The van der Waals surface area contributed by atoms with E-state index in [1.807, 2.05) is 31.3 Å². The van der Waals surface area contributed by atoms with Crippen LogP contribution in [0.25, 0.3) is 5.69 Å². The van der Waals surface area contributed by atoms with Crippen molar-refractivity contribution in [3.63, 3.8) is 0 Å². The molecule has 1 aromatic carbocycles. The Morgan fingerprint density at radius 3 is 2.82 bits per heavy atom. The molecule has 88 valence electrons. The van der Waals surface area contributed by atoms with Gasteiger partial charge in [0.15, 0.2) is 5.82 Å². The van der Waals surface area contributed by atoms with Gasteiger partial charge in [0, 0.05) is 19.5 Å². The van der Waals surface area contributed by atoms with Crippen LogP contribution in [-0.4, -0.2) is 22.8 Å². The maximum absolute atomic E-state index is 11.7. The van der Waals surface area contributed by atoms with Crippen molar-refractivity contribution in [3.05, 3.63) is 40.6 Å². The second-order valence-corrected chi connectivity index (χ2v) is 4.35. The molecular weight excluding hydrogens is 218 g/mol. The minimum absolute atomic E-state index is 0.273. The molecule has 5 nitrogen and oxygen atoms in total. The summed E-state index contributed by atoms with van der Waals surface area (Å²) in [5, 5.41) is 3.85. The number of hydrogen-bond acceptors (Lipinski definition) is 4. The Balaban J connectivity index is 2.35. The van der Waals surface area contributed by atoms with Crippen LogP contribution in [0.5, 0.6) is 0 Å². The van der Waals surface area contributed by atoms with Gasteiger partial charge in [-0.05, 0) is 19.1 Å². The van der Waals surface area contributed by atoms with Crippen molar-refractivity contribution < 1.29 is 4.52 Å². The fourth-order valence-corrected chi connectivity index (χ4v) is 2.23. The van der Waals surface area contributed by atoms with Crippen molar-refractivity contribution in [3.8, 4) is 5.69 Å². The molecule has 3 rings (SSSR count). The summed E-state index contributed by atoms with van der Waals surface area (Å²) in [6.07, 6.45) is 0.691. The number of anilines is 1. The lowest BCUT2D eigenvalue weighted by Gasteiger charge is -2.25. The highest BCUT2D eigenvalue weighted by Crippen LogP contribution is 2.28. The summed E-state index contributed by atoms with van der Waals surface area (Å²) in [7, 11) is 2.03. The molecule has 0 radical (unpaired) electrons. The molecule has 0 aliphatic carbocycles. The van der Waals surface area contributed by atoms with Crippen molar-refractivity contribution in [2.75, 3.05) is 11.9 Å². The van der Waals surface area contributed by atoms with E-state index >= 15 is 0 Å². The van der Waals surface area contributed by atoms with Gasteiger partial charge < -0.3 is 4.90 Å². The van der Waals surface area contributed by atoms with Gasteiger partial charge in [-0.25, -0.2) is 9.36 Å². The van der Waals surface area contributed by atoms with Crippen LogP contribution < -0.4 is 10.7 Å². The molecule has 5 heteroatoms. The second kappa shape index (κ2) is 3.48. The quantitative estimate of drug-likeness (QED) is 0.683. The van der Waals surface area contributed by atoms with E-state index in [0.717, 1.165) is 11.4 Å². The Morgan fingerprint density at radius 1 is 1.35 bits per heavy atom. The third-order valence-corrected chi connectivity index (χ3v) is 3.31. The summed E-state index contributed by atoms with van der Waals surface area (Å²) < 4.78 is 6.30. The van der Waals surface area contributed by atoms with Crippen molar-refractivity contribution >= 4 is 5.69 Å². The van der Waals surface area contributed by atoms with Crippen LogP contribution in [-0.2, 0) is 6.42 Å². The lowest BCUT2D eigenvalue weighted by molar-refractivity contribution is 0.376. The molecule has 0 saturated heterocycles. The van der Waals surface area contributed by atoms with Crippen LogP contribution >= 0.6 is 0 Å². The predicted octanol–water partition coefficient (Wildman–Crippen LogP) is 1.21. The van der Waals surface area contributed by atoms with Gasteiger partial charge in [0.05, 0.1) is 11.4 Å². The molecule has 0 spiro atoms. The van der Waals surface area contributed by atoms with Gasteiger partial charge in [0.2, 0.25) is 0 Å². The van der Waals surface area contributed by atoms with Crippen LogP contribution in [0.2, 0.25) is 0 Å². The largest absolute Gasteiger partial charge is 0.446 e. The van der Waals surface area contributed by atoms with Gasteiger partial charge in [0.25, 0.3) is 0 Å². The van der Waals surface area contributed by atoms with Gasteiger partial charge in [0.1, 0.15) is 0 Å². The van der Waals surface area contributed by atoms with E-state index in [-0.39, 0.29) is 6.04 Å². The third kappa shape index (κ3) is 1.39. The Hall–Kier alpha value is -2.04. The van der Waals surface area contributed by atoms with Crippen LogP contribution in [0.15, 0.2) is 33.6 Å². The highest BCUT2D eigenvalue weighted by Gasteiger charge is 2.25. The molecule has 1 aliphatic rings. The van der Waals surface area contributed by atoms with Gasteiger partial charge in [-0.2, -0.15) is 0 Å². The molecule has 0 bridgehead atoms. The van der Waals surface area contributed by atoms with E-state index in [1.165, 1.54) is 0 Å². The molecule has 0 fully saturated rings. The summed E-state index contributed by atoms with van der Waals surface area (Å²) in [6, 6.07) is 8.05. The molecule has 0 amide bonds. The van der Waals surface area contributed by atoms with E-state index in [0.29, 0.717) is 12.2 Å². The highest BCUT2D eigenvalue weighted by molar-refractivity contribution is 5.64. The summed E-state index contributed by atoms with van der Waals surface area (Å²) in [5.74, 6) is 0.259. The average Bonchev–Trinajstić information content (AvgIpc) is 2.64. The number of benzene rings is 1. The zero-order valence-corrected chi connectivity index (χ0v) is 9.75. The maximum Gasteiger partial charge on any atom is 0.446 e. The van der Waals surface area contributed by atoms with E-state index < -0.39 is 5.76 Å². The molecule has 2 aromatic rings. The first kappa shape index (κ1) is 10.1. The number of aromatic nitrogens is 2. The van der Waals surface area contributed by atoms with Crippen molar-refractivity contribution in [1.82, 2.24) is 9.72 Å². The van der Waals surface area contributed by atoms with Gasteiger partial charge in [-0.3, -0.25) is 4.52 Å². The number of likely N-dealkylation sites (N-methyl/N-ethyl adjacent to an activating group) is 1. The highest BCUT2D eigenvalue weighted by atomic mass is 16.5. The van der Waals surface area contributed by atoms with Crippen molar-refractivity contribution in [2.45, 2.75) is 19.4 Å². The Labute approximate surface area is 98.3 Å². The number of rotatable bonds is 0. The standard InChI is InChI=1S/C12H13N3O2/c1-8-7-11-13-17-12(16)15(11)10-6-4-3-5-9(10)14(8)2/h3-6,8H,7H2,1-2H3. The van der Waals surface area contributed by atoms with Crippen molar-refractivity contribution in [2.24, 2.45) is 0 Å². The Kier molecular flexibility index (Phi) is 2.07. The van der Waals surface area contributed by atoms with Crippen LogP contribution in [0, 0.1) is 0 Å². The number of hydrogen-bond donors (Lipinski definition) is 0. The molecule has 0 saturated carbocycles. The van der Waals surface area contributed by atoms with Gasteiger partial charge in [-0.1, -0.05) is 17.3 Å². The van der Waals surface area contributed by atoms with Crippen LogP contribution in [0.4, 0.5) is 5.69 Å². The molecule has 1 atom stereocenters. The molecule has 0 N–H and O–H groups in total. The molecule has 17 heavy (non-hydrogen) atoms. The first-order chi connectivity index (χ1) is 8.18. The minimum atomic E-state index is -0.421. The summed E-state index contributed by atoms with van der Waals surface area (Å²) in [4.78, 5) is 13.9. The zero-order chi connectivity index (χ0) is 12.0. The molecular formula is C12H13N3O2. The lowest BCUT2D eigenvalue weighted by atomic mass is 10.2.